The Kier molecular flexibility index (Phi) is 4.02. The van der Waals surface area contributed by atoms with Crippen LogP contribution >= 0.6 is 11.6 Å². The standard InChI is InChI=1S/C13H18ClN7O/c1-20(2)13-18-11(22-19-13)8-3-5-21(6-4-8)10-7-9(14)16-12(15)17-10/h7-8H,3-6H2,1-2H3,(H2,15,16,17). The molecule has 3 rings (SSSR count). The van der Waals surface area contributed by atoms with Crippen LogP contribution in [0.2, 0.25) is 5.15 Å². The second-order valence-corrected chi connectivity index (χ2v) is 5.88. The summed E-state index contributed by atoms with van der Waals surface area (Å²) in [7, 11) is 3.78. The number of aromatic nitrogens is 4. The minimum atomic E-state index is 0.192. The fourth-order valence-electron chi connectivity index (χ4n) is 2.51. The van der Waals surface area contributed by atoms with Crippen molar-refractivity contribution < 1.29 is 4.52 Å². The average molecular weight is 324 g/mol. The molecule has 9 heteroatoms. The van der Waals surface area contributed by atoms with E-state index in [0.717, 1.165) is 31.7 Å². The second kappa shape index (κ2) is 5.96. The number of nitrogen functional groups attached to an aromatic ring is 1. The summed E-state index contributed by atoms with van der Waals surface area (Å²) >= 11 is 5.93. The fourth-order valence-corrected chi connectivity index (χ4v) is 2.70. The molecule has 2 N–H and O–H groups in total. The predicted molar refractivity (Wildman–Crippen MR) is 84.3 cm³/mol. The van der Waals surface area contributed by atoms with Gasteiger partial charge < -0.3 is 20.1 Å². The van der Waals surface area contributed by atoms with Gasteiger partial charge in [-0.15, -0.1) is 0 Å². The van der Waals surface area contributed by atoms with Gasteiger partial charge in [0.25, 0.3) is 5.95 Å². The third kappa shape index (κ3) is 3.06. The van der Waals surface area contributed by atoms with Crippen LogP contribution < -0.4 is 15.5 Å². The third-order valence-electron chi connectivity index (χ3n) is 3.70. The third-order valence-corrected chi connectivity index (χ3v) is 3.89. The molecule has 22 heavy (non-hydrogen) atoms. The monoisotopic (exact) mass is 323 g/mol. The first kappa shape index (κ1) is 14.8. The van der Waals surface area contributed by atoms with Crippen LogP contribution in [0.25, 0.3) is 0 Å². The minimum Gasteiger partial charge on any atom is -0.368 e. The Hall–Kier alpha value is -2.09. The molecule has 0 spiro atoms. The van der Waals surface area contributed by atoms with Crippen molar-refractivity contribution in [3.63, 3.8) is 0 Å². The van der Waals surface area contributed by atoms with Crippen LogP contribution in [0.3, 0.4) is 0 Å². The summed E-state index contributed by atoms with van der Waals surface area (Å²) in [4.78, 5) is 16.5. The van der Waals surface area contributed by atoms with Gasteiger partial charge in [0.1, 0.15) is 11.0 Å². The van der Waals surface area contributed by atoms with Crippen LogP contribution in [-0.2, 0) is 0 Å². The largest absolute Gasteiger partial charge is 0.368 e. The van der Waals surface area contributed by atoms with E-state index < -0.39 is 0 Å². The van der Waals surface area contributed by atoms with E-state index in [4.69, 9.17) is 21.9 Å². The molecular formula is C13H18ClN7O. The van der Waals surface area contributed by atoms with E-state index in [2.05, 4.69) is 25.0 Å². The van der Waals surface area contributed by atoms with Gasteiger partial charge in [-0.1, -0.05) is 11.6 Å². The highest BCUT2D eigenvalue weighted by molar-refractivity contribution is 6.29. The van der Waals surface area contributed by atoms with E-state index in [9.17, 15) is 0 Å². The number of hydrogen-bond donors (Lipinski definition) is 1. The molecule has 8 nitrogen and oxygen atoms in total. The number of nitrogens with two attached hydrogens (primary N) is 1. The van der Waals surface area contributed by atoms with Crippen molar-refractivity contribution >= 4 is 29.3 Å². The summed E-state index contributed by atoms with van der Waals surface area (Å²) in [6.45, 7) is 1.66. The Bertz CT molecular complexity index is 631. The quantitative estimate of drug-likeness (QED) is 0.850. The number of hydrogen-bond acceptors (Lipinski definition) is 8. The summed E-state index contributed by atoms with van der Waals surface area (Å²) in [5.41, 5.74) is 5.64. The van der Waals surface area contributed by atoms with Crippen molar-refractivity contribution in [2.24, 2.45) is 0 Å². The van der Waals surface area contributed by atoms with E-state index in [1.165, 1.54) is 0 Å². The smallest absolute Gasteiger partial charge is 0.265 e. The molecule has 0 saturated carbocycles. The molecule has 2 aromatic heterocycles. The molecule has 1 saturated heterocycles. The predicted octanol–water partition coefficient (Wildman–Crippen LogP) is 1.55. The first-order valence-corrected chi connectivity index (χ1v) is 7.46. The van der Waals surface area contributed by atoms with Gasteiger partial charge in [-0.25, -0.2) is 4.98 Å². The van der Waals surface area contributed by atoms with Crippen LogP contribution in [0.4, 0.5) is 17.7 Å². The Morgan fingerprint density at radius 2 is 2.00 bits per heavy atom. The van der Waals surface area contributed by atoms with Gasteiger partial charge in [0.15, 0.2) is 0 Å². The first-order chi connectivity index (χ1) is 10.5. The van der Waals surface area contributed by atoms with Crippen molar-refractivity contribution in [1.82, 2.24) is 20.1 Å². The van der Waals surface area contributed by atoms with Gasteiger partial charge in [-0.3, -0.25) is 0 Å². The Morgan fingerprint density at radius 1 is 1.27 bits per heavy atom. The summed E-state index contributed by atoms with van der Waals surface area (Å²) in [6.07, 6.45) is 1.83. The molecule has 118 valence electrons. The van der Waals surface area contributed by atoms with Gasteiger partial charge in [-0.2, -0.15) is 9.97 Å². The molecule has 0 aromatic carbocycles. The van der Waals surface area contributed by atoms with Crippen LogP contribution in [0.15, 0.2) is 10.6 Å². The number of anilines is 3. The van der Waals surface area contributed by atoms with Crippen molar-refractivity contribution in [2.45, 2.75) is 18.8 Å². The molecule has 0 bridgehead atoms. The van der Waals surface area contributed by atoms with Gasteiger partial charge in [0.2, 0.25) is 11.8 Å². The molecule has 1 aliphatic heterocycles. The van der Waals surface area contributed by atoms with E-state index in [0.29, 0.717) is 17.0 Å². The molecule has 0 radical (unpaired) electrons. The van der Waals surface area contributed by atoms with E-state index in [1.807, 2.05) is 19.0 Å². The van der Waals surface area contributed by atoms with Crippen molar-refractivity contribution in [2.75, 3.05) is 42.7 Å². The molecule has 0 aliphatic carbocycles. The summed E-state index contributed by atoms with van der Waals surface area (Å²) in [5, 5.41) is 4.32. The molecule has 3 heterocycles. The zero-order valence-corrected chi connectivity index (χ0v) is 13.3. The molecule has 1 fully saturated rings. The molecule has 0 unspecified atom stereocenters. The molecule has 0 amide bonds. The maximum atomic E-state index is 5.93. The topological polar surface area (TPSA) is 97.2 Å². The van der Waals surface area contributed by atoms with Gasteiger partial charge >= 0.3 is 0 Å². The lowest BCUT2D eigenvalue weighted by Crippen LogP contribution is -2.33. The van der Waals surface area contributed by atoms with Gasteiger partial charge in [0.05, 0.1) is 0 Å². The number of halogens is 1. The van der Waals surface area contributed by atoms with Gasteiger partial charge in [-0.05, 0) is 18.0 Å². The van der Waals surface area contributed by atoms with E-state index in [-0.39, 0.29) is 11.9 Å². The summed E-state index contributed by atoms with van der Waals surface area (Å²) < 4.78 is 5.36. The van der Waals surface area contributed by atoms with Crippen LogP contribution in [0.1, 0.15) is 24.7 Å². The highest BCUT2D eigenvalue weighted by Crippen LogP contribution is 2.30. The van der Waals surface area contributed by atoms with Crippen molar-refractivity contribution in [1.29, 1.82) is 0 Å². The highest BCUT2D eigenvalue weighted by Gasteiger charge is 2.26. The average Bonchev–Trinajstić information content (AvgIpc) is 2.96. The number of piperidine rings is 1. The van der Waals surface area contributed by atoms with Crippen LogP contribution in [0.5, 0.6) is 0 Å². The summed E-state index contributed by atoms with van der Waals surface area (Å²) in [6, 6.07) is 1.73. The fraction of sp³-hybridized carbons (Fsp3) is 0.538. The lowest BCUT2D eigenvalue weighted by Gasteiger charge is -2.31. The normalized spacial score (nSPS) is 16.0. The lowest BCUT2D eigenvalue weighted by molar-refractivity contribution is 0.329. The van der Waals surface area contributed by atoms with E-state index in [1.54, 1.807) is 6.07 Å². The zero-order chi connectivity index (χ0) is 15.7. The zero-order valence-electron chi connectivity index (χ0n) is 12.5. The molecule has 1 aliphatic rings. The van der Waals surface area contributed by atoms with Crippen LogP contribution in [-0.4, -0.2) is 47.3 Å². The Morgan fingerprint density at radius 3 is 2.59 bits per heavy atom. The highest BCUT2D eigenvalue weighted by atomic mass is 35.5. The van der Waals surface area contributed by atoms with E-state index >= 15 is 0 Å². The summed E-state index contributed by atoms with van der Waals surface area (Å²) in [5.74, 6) is 2.52. The van der Waals surface area contributed by atoms with Gasteiger partial charge in [0, 0.05) is 39.2 Å². The lowest BCUT2D eigenvalue weighted by atomic mass is 9.97. The Balaban J connectivity index is 1.66. The maximum absolute atomic E-state index is 5.93. The number of rotatable bonds is 3. The number of nitrogens with zero attached hydrogens (tertiary/aromatic N) is 6. The molecule has 2 aromatic rings. The Labute approximate surface area is 133 Å². The molecule has 0 atom stereocenters. The first-order valence-electron chi connectivity index (χ1n) is 7.09. The maximum Gasteiger partial charge on any atom is 0.265 e. The SMILES string of the molecule is CN(C)c1noc(C2CCN(c3cc(Cl)nc(N)n3)CC2)n1. The molecular weight excluding hydrogens is 306 g/mol. The van der Waals surface area contributed by atoms with Crippen LogP contribution in [0, 0.1) is 0 Å². The van der Waals surface area contributed by atoms with Crippen molar-refractivity contribution in [3.05, 3.63) is 17.1 Å². The minimum absolute atomic E-state index is 0.192. The van der Waals surface area contributed by atoms with Crippen molar-refractivity contribution in [3.8, 4) is 0 Å². The second-order valence-electron chi connectivity index (χ2n) is 5.50.